The summed E-state index contributed by atoms with van der Waals surface area (Å²) in [6, 6.07) is 10.4. The third kappa shape index (κ3) is 4.94. The van der Waals surface area contributed by atoms with Gasteiger partial charge in [0.15, 0.2) is 9.84 Å². The number of sulfone groups is 1. The van der Waals surface area contributed by atoms with Crippen LogP contribution >= 0.6 is 0 Å². The fourth-order valence-electron chi connectivity index (χ4n) is 3.67. The van der Waals surface area contributed by atoms with Crippen LogP contribution < -0.4 is 15.4 Å². The summed E-state index contributed by atoms with van der Waals surface area (Å²) in [4.78, 5) is 25.2. The summed E-state index contributed by atoms with van der Waals surface area (Å²) < 4.78 is 36.7. The van der Waals surface area contributed by atoms with Gasteiger partial charge in [0.2, 0.25) is 0 Å². The number of benzene rings is 2. The minimum Gasteiger partial charge on any atom is -0.494 e. The van der Waals surface area contributed by atoms with Crippen molar-refractivity contribution in [2.75, 3.05) is 19.5 Å². The first-order valence-electron chi connectivity index (χ1n) is 10.1. The summed E-state index contributed by atoms with van der Waals surface area (Å²) in [5.41, 5.74) is 2.13. The Balaban J connectivity index is 2.07. The zero-order chi connectivity index (χ0) is 23.5. The van der Waals surface area contributed by atoms with E-state index >= 15 is 0 Å². The maximum atomic E-state index is 13.2. The highest BCUT2D eigenvalue weighted by Crippen LogP contribution is 2.30. The fraction of sp³-hybridized carbons (Fsp3) is 0.304. The average Bonchev–Trinajstić information content (AvgIpc) is 2.73. The number of carbonyl (C=O) groups excluding carboxylic acids is 2. The van der Waals surface area contributed by atoms with Crippen LogP contribution in [0.3, 0.4) is 0 Å². The molecule has 0 saturated carbocycles. The molecule has 9 heteroatoms. The van der Waals surface area contributed by atoms with Crippen LogP contribution in [0.15, 0.2) is 58.6 Å². The van der Waals surface area contributed by atoms with Crippen LogP contribution in [-0.2, 0) is 19.4 Å². The molecule has 1 heterocycles. The first kappa shape index (κ1) is 23.3. The number of hydrogen-bond acceptors (Lipinski definition) is 6. The molecule has 0 spiro atoms. The summed E-state index contributed by atoms with van der Waals surface area (Å²) in [5.74, 6) is -0.651. The highest BCUT2D eigenvalue weighted by molar-refractivity contribution is 7.91. The Kier molecular flexibility index (Phi) is 6.88. The SMILES string of the molecule is CCOc1ccc(C2NC(=O)NC(CS(=O)(=O)c3ccc(C)cc3C)=C2C(=O)OC)cc1. The van der Waals surface area contributed by atoms with Gasteiger partial charge < -0.3 is 20.1 Å². The second kappa shape index (κ2) is 9.44. The molecule has 2 aromatic carbocycles. The maximum absolute atomic E-state index is 13.2. The minimum absolute atomic E-state index is 0.0144. The maximum Gasteiger partial charge on any atom is 0.338 e. The third-order valence-electron chi connectivity index (χ3n) is 5.08. The van der Waals surface area contributed by atoms with E-state index in [-0.39, 0.29) is 16.2 Å². The van der Waals surface area contributed by atoms with Crippen LogP contribution in [0.2, 0.25) is 0 Å². The fourth-order valence-corrected chi connectivity index (χ4v) is 5.26. The monoisotopic (exact) mass is 458 g/mol. The molecule has 2 N–H and O–H groups in total. The minimum atomic E-state index is -3.85. The Morgan fingerprint density at radius 2 is 1.78 bits per heavy atom. The van der Waals surface area contributed by atoms with Crippen molar-refractivity contribution in [3.63, 3.8) is 0 Å². The highest BCUT2D eigenvalue weighted by Gasteiger charge is 2.35. The lowest BCUT2D eigenvalue weighted by molar-refractivity contribution is -0.136. The van der Waals surface area contributed by atoms with Gasteiger partial charge in [-0.1, -0.05) is 29.8 Å². The van der Waals surface area contributed by atoms with Crippen molar-refractivity contribution in [3.05, 3.63) is 70.4 Å². The lowest BCUT2D eigenvalue weighted by Crippen LogP contribution is -2.47. The molecule has 32 heavy (non-hydrogen) atoms. The summed E-state index contributed by atoms with van der Waals surface area (Å²) in [6.07, 6.45) is 0. The molecule has 3 rings (SSSR count). The quantitative estimate of drug-likeness (QED) is 0.617. The summed E-state index contributed by atoms with van der Waals surface area (Å²) in [7, 11) is -2.65. The van der Waals surface area contributed by atoms with Gasteiger partial charge in [-0.05, 0) is 50.1 Å². The van der Waals surface area contributed by atoms with E-state index in [9.17, 15) is 18.0 Å². The number of nitrogens with one attached hydrogen (secondary N) is 2. The molecular weight excluding hydrogens is 432 g/mol. The van der Waals surface area contributed by atoms with Crippen LogP contribution in [0.4, 0.5) is 4.79 Å². The zero-order valence-electron chi connectivity index (χ0n) is 18.4. The number of carbonyl (C=O) groups is 2. The number of methoxy groups -OCH3 is 1. The van der Waals surface area contributed by atoms with E-state index in [0.29, 0.717) is 23.5 Å². The molecule has 8 nitrogen and oxygen atoms in total. The van der Waals surface area contributed by atoms with E-state index in [4.69, 9.17) is 9.47 Å². The Morgan fingerprint density at radius 1 is 1.09 bits per heavy atom. The number of ether oxygens (including phenoxy) is 2. The number of rotatable bonds is 7. The van der Waals surface area contributed by atoms with Crippen molar-refractivity contribution in [3.8, 4) is 5.75 Å². The average molecular weight is 459 g/mol. The van der Waals surface area contributed by atoms with Gasteiger partial charge >= 0.3 is 12.0 Å². The van der Waals surface area contributed by atoms with E-state index in [0.717, 1.165) is 5.56 Å². The van der Waals surface area contributed by atoms with Gasteiger partial charge in [-0.15, -0.1) is 0 Å². The lowest BCUT2D eigenvalue weighted by atomic mass is 9.95. The van der Waals surface area contributed by atoms with Crippen LogP contribution in [0.5, 0.6) is 5.75 Å². The number of hydrogen-bond donors (Lipinski definition) is 2. The van der Waals surface area contributed by atoms with Crippen LogP contribution in [-0.4, -0.2) is 39.9 Å². The van der Waals surface area contributed by atoms with E-state index in [2.05, 4.69) is 10.6 Å². The van der Waals surface area contributed by atoms with Gasteiger partial charge in [-0.25, -0.2) is 18.0 Å². The van der Waals surface area contributed by atoms with E-state index in [1.165, 1.54) is 13.2 Å². The molecule has 1 atom stereocenters. The molecule has 2 amide bonds. The Hall–Kier alpha value is -3.33. The Bertz CT molecular complexity index is 1170. The van der Waals surface area contributed by atoms with E-state index in [1.807, 2.05) is 13.8 Å². The molecule has 1 aliphatic heterocycles. The van der Waals surface area contributed by atoms with Crippen molar-refractivity contribution in [1.82, 2.24) is 10.6 Å². The van der Waals surface area contributed by atoms with Crippen LogP contribution in [0, 0.1) is 13.8 Å². The zero-order valence-corrected chi connectivity index (χ0v) is 19.2. The second-order valence-corrected chi connectivity index (χ2v) is 9.40. The van der Waals surface area contributed by atoms with Crippen molar-refractivity contribution in [2.24, 2.45) is 0 Å². The number of amides is 2. The summed E-state index contributed by atoms with van der Waals surface area (Å²) >= 11 is 0. The van der Waals surface area contributed by atoms with Crippen molar-refractivity contribution in [1.29, 1.82) is 0 Å². The van der Waals surface area contributed by atoms with Crippen molar-refractivity contribution in [2.45, 2.75) is 31.7 Å². The lowest BCUT2D eigenvalue weighted by Gasteiger charge is -2.29. The number of esters is 1. The molecule has 0 radical (unpaired) electrons. The third-order valence-corrected chi connectivity index (χ3v) is 6.88. The molecule has 0 bridgehead atoms. The van der Waals surface area contributed by atoms with Crippen molar-refractivity contribution >= 4 is 21.8 Å². The summed E-state index contributed by atoms with van der Waals surface area (Å²) in [5, 5.41) is 5.17. The van der Waals surface area contributed by atoms with E-state index < -0.39 is 33.6 Å². The standard InChI is InChI=1S/C23H26N2O6S/c1-5-31-17-9-7-16(8-10-17)21-20(22(26)30-4)18(24-23(27)25-21)13-32(28,29)19-11-6-14(2)12-15(19)3/h6-12,21H,5,13H2,1-4H3,(H2,24,25,27). The molecule has 0 fully saturated rings. The first-order valence-corrected chi connectivity index (χ1v) is 11.7. The largest absolute Gasteiger partial charge is 0.494 e. The Morgan fingerprint density at radius 3 is 2.38 bits per heavy atom. The molecule has 1 unspecified atom stereocenters. The second-order valence-electron chi connectivity index (χ2n) is 7.45. The first-order chi connectivity index (χ1) is 15.2. The smallest absolute Gasteiger partial charge is 0.338 e. The molecular formula is C23H26N2O6S. The predicted octanol–water partition coefficient (Wildman–Crippen LogP) is 2.96. The molecule has 1 aliphatic rings. The van der Waals surface area contributed by atoms with Gasteiger partial charge in [0.05, 0.1) is 36.0 Å². The molecule has 0 aromatic heterocycles. The Labute approximate surface area is 187 Å². The van der Waals surface area contributed by atoms with Gasteiger partial charge in [-0.2, -0.15) is 0 Å². The van der Waals surface area contributed by atoms with Gasteiger partial charge in [0.25, 0.3) is 0 Å². The number of aryl methyl sites for hydroxylation is 2. The normalized spacial score (nSPS) is 16.2. The predicted molar refractivity (Wildman–Crippen MR) is 119 cm³/mol. The van der Waals surface area contributed by atoms with Gasteiger partial charge in [-0.3, -0.25) is 0 Å². The van der Waals surface area contributed by atoms with E-state index in [1.54, 1.807) is 43.3 Å². The summed E-state index contributed by atoms with van der Waals surface area (Å²) in [6.45, 7) is 5.94. The molecule has 0 saturated heterocycles. The van der Waals surface area contributed by atoms with Gasteiger partial charge in [0.1, 0.15) is 5.75 Å². The van der Waals surface area contributed by atoms with Crippen LogP contribution in [0.25, 0.3) is 0 Å². The van der Waals surface area contributed by atoms with Crippen LogP contribution in [0.1, 0.15) is 29.7 Å². The van der Waals surface area contributed by atoms with Crippen molar-refractivity contribution < 1.29 is 27.5 Å². The topological polar surface area (TPSA) is 111 Å². The number of urea groups is 1. The molecule has 170 valence electrons. The molecule has 0 aliphatic carbocycles. The highest BCUT2D eigenvalue weighted by atomic mass is 32.2. The van der Waals surface area contributed by atoms with Gasteiger partial charge in [0, 0.05) is 5.70 Å². The molecule has 2 aromatic rings.